The second-order valence-corrected chi connectivity index (χ2v) is 16.5. The van der Waals surface area contributed by atoms with Crippen LogP contribution in [0.15, 0.2) is 18.2 Å². The summed E-state index contributed by atoms with van der Waals surface area (Å²) in [5.41, 5.74) is 15.0. The van der Waals surface area contributed by atoms with Crippen LogP contribution < -0.4 is 11.5 Å². The zero-order valence-corrected chi connectivity index (χ0v) is 28.2. The second kappa shape index (κ2) is 14.0. The van der Waals surface area contributed by atoms with Crippen molar-refractivity contribution in [2.75, 3.05) is 18.1 Å². The van der Waals surface area contributed by atoms with Crippen molar-refractivity contribution < 1.29 is 14.9 Å². The first-order valence-electron chi connectivity index (χ1n) is 18.1. The zero-order chi connectivity index (χ0) is 30.8. The number of nitrogen functional groups attached to an aromatic ring is 2. The summed E-state index contributed by atoms with van der Waals surface area (Å²) in [6.45, 7) is 13.5. The highest BCUT2D eigenvalue weighted by atomic mass is 17.1. The number of fused-ring (bicyclic) bond motifs is 5. The Morgan fingerprint density at radius 3 is 2.26 bits per heavy atom. The number of hydrogen-bond donors (Lipinski definition) is 3. The molecule has 0 saturated heterocycles. The van der Waals surface area contributed by atoms with Gasteiger partial charge in [-0.2, -0.15) is 0 Å². The molecule has 4 aliphatic rings. The van der Waals surface area contributed by atoms with Crippen LogP contribution in [0.5, 0.6) is 0 Å². The molecule has 5 heteroatoms. The number of rotatable bonds is 13. The summed E-state index contributed by atoms with van der Waals surface area (Å²) in [6, 6.07) is 5.38. The molecule has 244 valence electrons. The molecule has 0 bridgehead atoms. The van der Waals surface area contributed by atoms with Crippen molar-refractivity contribution in [2.24, 2.45) is 52.3 Å². The molecule has 4 aliphatic carbocycles. The maximum atomic E-state index is 9.47. The lowest BCUT2D eigenvalue weighted by atomic mass is 9.44. The van der Waals surface area contributed by atoms with Gasteiger partial charge in [-0.25, -0.2) is 4.89 Å². The number of ether oxygens (including phenoxy) is 1. The van der Waals surface area contributed by atoms with E-state index in [0.29, 0.717) is 28.3 Å². The van der Waals surface area contributed by atoms with E-state index in [-0.39, 0.29) is 0 Å². The Kier molecular flexibility index (Phi) is 10.8. The molecule has 0 amide bonds. The van der Waals surface area contributed by atoms with Crippen molar-refractivity contribution in [1.29, 1.82) is 0 Å². The largest absolute Gasteiger partial charge is 0.399 e. The average Bonchev–Trinajstić information content (AvgIpc) is 3.31. The minimum absolute atomic E-state index is 0.406. The molecular formula is C38H64N2O3. The fourth-order valence-electron chi connectivity index (χ4n) is 11.2. The van der Waals surface area contributed by atoms with E-state index in [1.54, 1.807) is 6.07 Å². The number of nitrogens with two attached hydrogens (primary N) is 2. The van der Waals surface area contributed by atoms with Crippen molar-refractivity contribution in [2.45, 2.75) is 143 Å². The van der Waals surface area contributed by atoms with Gasteiger partial charge in [0.25, 0.3) is 0 Å². The lowest BCUT2D eigenvalue weighted by Gasteiger charge is -2.61. The summed E-state index contributed by atoms with van der Waals surface area (Å²) in [6.07, 6.45) is 19.5. The van der Waals surface area contributed by atoms with Crippen molar-refractivity contribution in [3.8, 4) is 0 Å². The van der Waals surface area contributed by atoms with Crippen LogP contribution in [-0.2, 0) is 9.62 Å². The minimum Gasteiger partial charge on any atom is -0.399 e. The van der Waals surface area contributed by atoms with E-state index in [2.05, 4.69) is 34.6 Å². The predicted octanol–water partition coefficient (Wildman–Crippen LogP) is 10.1. The standard InChI is InChI=1S/C38H64N2O3/c1-25(2)9-8-10-26(3)33-14-15-34-32-13-12-28-23-31(16-18-37(28,4)35(32)17-19-38(33,34)5)42-20-7-6-11-36(43-41)27-21-29(39)24-30(40)22-27/h21-22,24-26,28,31-36,41H,6-20,23,39-40H2,1-5H3. The van der Waals surface area contributed by atoms with Gasteiger partial charge < -0.3 is 16.2 Å². The molecule has 0 aromatic heterocycles. The summed E-state index contributed by atoms with van der Waals surface area (Å²) in [4.78, 5) is 4.78. The molecule has 4 saturated carbocycles. The smallest absolute Gasteiger partial charge is 0.118 e. The van der Waals surface area contributed by atoms with Gasteiger partial charge in [0.2, 0.25) is 0 Å². The lowest BCUT2D eigenvalue weighted by molar-refractivity contribution is -0.283. The van der Waals surface area contributed by atoms with Crippen LogP contribution in [0.2, 0.25) is 0 Å². The molecule has 5 rings (SSSR count). The number of anilines is 2. The Morgan fingerprint density at radius 2 is 1.53 bits per heavy atom. The highest BCUT2D eigenvalue weighted by Gasteiger charge is 2.60. The third kappa shape index (κ3) is 7.09. The topological polar surface area (TPSA) is 90.7 Å². The van der Waals surface area contributed by atoms with Gasteiger partial charge in [-0.1, -0.05) is 53.9 Å². The van der Waals surface area contributed by atoms with Gasteiger partial charge in [-0.15, -0.1) is 0 Å². The van der Waals surface area contributed by atoms with Crippen molar-refractivity contribution in [3.63, 3.8) is 0 Å². The summed E-state index contributed by atoms with van der Waals surface area (Å²) in [5, 5.41) is 9.47. The normalized spacial score (nSPS) is 37.0. The third-order valence-electron chi connectivity index (χ3n) is 13.5. The Labute approximate surface area is 263 Å². The van der Waals surface area contributed by atoms with Crippen LogP contribution in [0.3, 0.4) is 0 Å². The van der Waals surface area contributed by atoms with Crippen LogP contribution in [0.1, 0.15) is 143 Å². The van der Waals surface area contributed by atoms with Crippen LogP contribution in [-0.4, -0.2) is 18.0 Å². The molecule has 1 aromatic rings. The average molecular weight is 597 g/mol. The molecule has 43 heavy (non-hydrogen) atoms. The summed E-state index contributed by atoms with van der Waals surface area (Å²) < 4.78 is 6.50. The monoisotopic (exact) mass is 596 g/mol. The van der Waals surface area contributed by atoms with Gasteiger partial charge in [-0.3, -0.25) is 5.26 Å². The third-order valence-corrected chi connectivity index (χ3v) is 13.5. The maximum absolute atomic E-state index is 9.47. The summed E-state index contributed by atoms with van der Waals surface area (Å²) in [7, 11) is 0. The molecule has 5 N–H and O–H groups in total. The minimum atomic E-state index is -0.406. The van der Waals surface area contributed by atoms with E-state index in [9.17, 15) is 5.26 Å². The van der Waals surface area contributed by atoms with E-state index in [1.165, 1.54) is 77.0 Å². The van der Waals surface area contributed by atoms with Gasteiger partial charge in [0.15, 0.2) is 0 Å². The predicted molar refractivity (Wildman–Crippen MR) is 178 cm³/mol. The van der Waals surface area contributed by atoms with Gasteiger partial charge in [0.05, 0.1) is 6.10 Å². The molecule has 10 atom stereocenters. The van der Waals surface area contributed by atoms with Crippen LogP contribution in [0.25, 0.3) is 0 Å². The first-order valence-corrected chi connectivity index (χ1v) is 18.1. The highest BCUT2D eigenvalue weighted by molar-refractivity contribution is 5.54. The van der Waals surface area contributed by atoms with Crippen LogP contribution >= 0.6 is 0 Å². The quantitative estimate of drug-likeness (QED) is 0.0912. The molecule has 0 radical (unpaired) electrons. The van der Waals surface area contributed by atoms with E-state index in [1.807, 2.05) is 12.1 Å². The summed E-state index contributed by atoms with van der Waals surface area (Å²) in [5.74, 6) is 6.36. The van der Waals surface area contributed by atoms with E-state index in [4.69, 9.17) is 21.1 Å². The summed E-state index contributed by atoms with van der Waals surface area (Å²) >= 11 is 0. The van der Waals surface area contributed by atoms with Gasteiger partial charge in [-0.05, 0) is 153 Å². The lowest BCUT2D eigenvalue weighted by Crippen LogP contribution is -2.54. The number of benzene rings is 1. The fourth-order valence-corrected chi connectivity index (χ4v) is 11.2. The Hall–Kier alpha value is -1.30. The highest BCUT2D eigenvalue weighted by Crippen LogP contribution is 2.68. The SMILES string of the molecule is CC(C)CCCC(C)C1CCC2C3CCC4CC(OCCCCC(OO)c5cc(N)cc(N)c5)CCC4(C)C3CCC12C. The molecule has 10 unspecified atom stereocenters. The van der Waals surface area contributed by atoms with E-state index >= 15 is 0 Å². The Morgan fingerprint density at radius 1 is 0.814 bits per heavy atom. The van der Waals surface area contributed by atoms with Crippen molar-refractivity contribution in [1.82, 2.24) is 0 Å². The molecule has 5 nitrogen and oxygen atoms in total. The maximum Gasteiger partial charge on any atom is 0.118 e. The van der Waals surface area contributed by atoms with Gasteiger partial charge >= 0.3 is 0 Å². The van der Waals surface area contributed by atoms with Gasteiger partial charge in [0, 0.05) is 18.0 Å². The zero-order valence-electron chi connectivity index (χ0n) is 28.2. The van der Waals surface area contributed by atoms with E-state index in [0.717, 1.165) is 72.9 Å². The fraction of sp³-hybridized carbons (Fsp3) is 0.842. The van der Waals surface area contributed by atoms with Crippen LogP contribution in [0, 0.1) is 52.3 Å². The number of unbranched alkanes of at least 4 members (excludes halogenated alkanes) is 1. The first-order chi connectivity index (χ1) is 20.5. The molecule has 0 heterocycles. The van der Waals surface area contributed by atoms with Crippen LogP contribution in [0.4, 0.5) is 11.4 Å². The Balaban J connectivity index is 1.09. The number of hydrogen-bond acceptors (Lipinski definition) is 5. The van der Waals surface area contributed by atoms with Crippen molar-refractivity contribution in [3.05, 3.63) is 23.8 Å². The molecule has 1 aromatic carbocycles. The molecule has 0 aliphatic heterocycles. The first kappa shape index (κ1) is 33.1. The molecular weight excluding hydrogens is 532 g/mol. The molecule has 0 spiro atoms. The second-order valence-electron chi connectivity index (χ2n) is 16.5. The van der Waals surface area contributed by atoms with Gasteiger partial charge in [0.1, 0.15) is 6.10 Å². The van der Waals surface area contributed by atoms with Crippen molar-refractivity contribution >= 4 is 11.4 Å². The van der Waals surface area contributed by atoms with E-state index < -0.39 is 6.10 Å². The molecule has 4 fully saturated rings. The Bertz CT molecular complexity index is 1030.